The van der Waals surface area contributed by atoms with Crippen molar-refractivity contribution in [3.05, 3.63) is 0 Å². The van der Waals surface area contributed by atoms with Gasteiger partial charge in [0.15, 0.2) is 0 Å². The van der Waals surface area contributed by atoms with Crippen molar-refractivity contribution < 1.29 is 19.0 Å². The number of carbonyl (C=O) groups excluding carboxylic acids is 1. The van der Waals surface area contributed by atoms with Gasteiger partial charge in [0.05, 0.1) is 12.7 Å². The van der Waals surface area contributed by atoms with Crippen LogP contribution in [0.4, 0.5) is 0 Å². The minimum atomic E-state index is -0.597. The second-order valence-corrected chi connectivity index (χ2v) is 2.80. The molecule has 0 aliphatic carbocycles. The molecule has 0 radical (unpaired) electrons. The minimum Gasteiger partial charge on any atom is -0.432 e. The van der Waals surface area contributed by atoms with E-state index >= 15 is 0 Å². The maximum Gasteiger partial charge on any atom is 0.323 e. The zero-order valence-corrected chi connectivity index (χ0v) is 7.54. The van der Waals surface area contributed by atoms with E-state index in [0.717, 1.165) is 0 Å². The van der Waals surface area contributed by atoms with Crippen LogP contribution in [0.15, 0.2) is 0 Å². The Bertz CT molecular complexity index is 161. The summed E-state index contributed by atoms with van der Waals surface area (Å²) in [7, 11) is 0. The first-order valence-corrected chi connectivity index (χ1v) is 4.24. The average molecular weight is 195 g/mol. The van der Waals surface area contributed by atoms with E-state index in [-0.39, 0.29) is 18.6 Å². The SMILES string of the molecule is CC1COCC(OC(=O)CCl)O1. The van der Waals surface area contributed by atoms with E-state index in [0.29, 0.717) is 6.61 Å². The highest BCUT2D eigenvalue weighted by molar-refractivity contribution is 6.26. The fraction of sp³-hybridized carbons (Fsp3) is 0.857. The molecule has 0 amide bonds. The van der Waals surface area contributed by atoms with Gasteiger partial charge in [-0.15, -0.1) is 11.6 Å². The predicted octanol–water partition coefficient (Wildman–Crippen LogP) is 0.530. The summed E-state index contributed by atoms with van der Waals surface area (Å²) in [6, 6.07) is 0. The van der Waals surface area contributed by atoms with Gasteiger partial charge in [0, 0.05) is 0 Å². The molecule has 0 bridgehead atoms. The van der Waals surface area contributed by atoms with Crippen LogP contribution < -0.4 is 0 Å². The Hall–Kier alpha value is -0.320. The molecule has 1 fully saturated rings. The van der Waals surface area contributed by atoms with Crippen LogP contribution in [0, 0.1) is 0 Å². The molecule has 1 aliphatic heterocycles. The van der Waals surface area contributed by atoms with Crippen molar-refractivity contribution in [2.45, 2.75) is 19.3 Å². The Morgan fingerprint density at radius 3 is 3.00 bits per heavy atom. The maximum atomic E-state index is 10.7. The van der Waals surface area contributed by atoms with E-state index in [2.05, 4.69) is 0 Å². The lowest BCUT2D eigenvalue weighted by Crippen LogP contribution is -2.37. The molecule has 70 valence electrons. The lowest BCUT2D eigenvalue weighted by Gasteiger charge is -2.27. The Balaban J connectivity index is 2.27. The van der Waals surface area contributed by atoms with Crippen LogP contribution in [0.3, 0.4) is 0 Å². The van der Waals surface area contributed by atoms with Crippen molar-refractivity contribution >= 4 is 17.6 Å². The summed E-state index contributed by atoms with van der Waals surface area (Å²) in [5.74, 6) is -0.645. The number of halogens is 1. The molecule has 1 aliphatic rings. The highest BCUT2D eigenvalue weighted by Crippen LogP contribution is 2.08. The van der Waals surface area contributed by atoms with Crippen LogP contribution in [0.2, 0.25) is 0 Å². The van der Waals surface area contributed by atoms with E-state index in [1.165, 1.54) is 0 Å². The molecule has 0 aromatic carbocycles. The molecule has 4 nitrogen and oxygen atoms in total. The molecule has 5 heteroatoms. The Morgan fingerprint density at radius 1 is 1.67 bits per heavy atom. The maximum absolute atomic E-state index is 10.7. The third-order valence-electron chi connectivity index (χ3n) is 1.36. The summed E-state index contributed by atoms with van der Waals surface area (Å²) in [4.78, 5) is 10.7. The third-order valence-corrected chi connectivity index (χ3v) is 1.58. The fourth-order valence-electron chi connectivity index (χ4n) is 0.908. The monoisotopic (exact) mass is 194 g/mol. The number of hydrogen-bond acceptors (Lipinski definition) is 4. The topological polar surface area (TPSA) is 44.8 Å². The fourth-order valence-corrected chi connectivity index (χ4v) is 0.971. The average Bonchev–Trinajstić information content (AvgIpc) is 2.04. The number of carbonyl (C=O) groups is 1. The second kappa shape index (κ2) is 4.64. The summed E-state index contributed by atoms with van der Waals surface area (Å²) in [5, 5.41) is 0. The molecular formula is C7H11ClO4. The van der Waals surface area contributed by atoms with Gasteiger partial charge in [-0.2, -0.15) is 0 Å². The molecule has 1 rings (SSSR count). The van der Waals surface area contributed by atoms with Crippen LogP contribution >= 0.6 is 11.6 Å². The Morgan fingerprint density at radius 2 is 2.42 bits per heavy atom. The van der Waals surface area contributed by atoms with Gasteiger partial charge < -0.3 is 14.2 Å². The van der Waals surface area contributed by atoms with Crippen LogP contribution in [-0.4, -0.2) is 37.5 Å². The minimum absolute atomic E-state index is 0.0353. The molecule has 2 atom stereocenters. The highest BCUT2D eigenvalue weighted by atomic mass is 35.5. The molecule has 0 spiro atoms. The number of hydrogen-bond donors (Lipinski definition) is 0. The smallest absolute Gasteiger partial charge is 0.323 e. The zero-order chi connectivity index (χ0) is 8.97. The summed E-state index contributed by atoms with van der Waals surface area (Å²) in [5.41, 5.74) is 0. The summed E-state index contributed by atoms with van der Waals surface area (Å²) in [6.45, 7) is 2.67. The van der Waals surface area contributed by atoms with Gasteiger partial charge in [-0.1, -0.05) is 0 Å². The van der Waals surface area contributed by atoms with Crippen molar-refractivity contribution in [2.24, 2.45) is 0 Å². The van der Waals surface area contributed by atoms with Crippen molar-refractivity contribution in [1.29, 1.82) is 0 Å². The van der Waals surface area contributed by atoms with Gasteiger partial charge in [-0.25, -0.2) is 0 Å². The Labute approximate surface area is 75.7 Å². The molecule has 12 heavy (non-hydrogen) atoms. The molecule has 1 heterocycles. The molecule has 1 saturated heterocycles. The first-order valence-electron chi connectivity index (χ1n) is 3.71. The van der Waals surface area contributed by atoms with Crippen LogP contribution in [0.1, 0.15) is 6.92 Å². The van der Waals surface area contributed by atoms with E-state index in [1.807, 2.05) is 6.92 Å². The second-order valence-electron chi connectivity index (χ2n) is 2.54. The third kappa shape index (κ3) is 2.97. The first kappa shape index (κ1) is 9.77. The normalized spacial score (nSPS) is 29.8. The predicted molar refractivity (Wildman–Crippen MR) is 42.0 cm³/mol. The van der Waals surface area contributed by atoms with Crippen LogP contribution in [0.25, 0.3) is 0 Å². The Kier molecular flexibility index (Phi) is 3.78. The summed E-state index contributed by atoms with van der Waals surface area (Å²) >= 11 is 5.24. The number of rotatable bonds is 2. The molecule has 2 unspecified atom stereocenters. The largest absolute Gasteiger partial charge is 0.432 e. The lowest BCUT2D eigenvalue weighted by molar-refractivity contribution is -0.232. The van der Waals surface area contributed by atoms with Gasteiger partial charge in [0.2, 0.25) is 6.29 Å². The van der Waals surface area contributed by atoms with Gasteiger partial charge in [-0.3, -0.25) is 4.79 Å². The number of alkyl halides is 1. The van der Waals surface area contributed by atoms with Gasteiger partial charge >= 0.3 is 5.97 Å². The van der Waals surface area contributed by atoms with E-state index in [1.54, 1.807) is 0 Å². The standard InChI is InChI=1S/C7H11ClO4/c1-5-3-10-4-7(11-5)12-6(9)2-8/h5,7H,2-4H2,1H3. The van der Waals surface area contributed by atoms with Crippen molar-refractivity contribution in [2.75, 3.05) is 19.1 Å². The molecule has 0 saturated carbocycles. The van der Waals surface area contributed by atoms with Gasteiger partial charge in [0.25, 0.3) is 0 Å². The number of esters is 1. The van der Waals surface area contributed by atoms with E-state index in [9.17, 15) is 4.79 Å². The van der Waals surface area contributed by atoms with Crippen molar-refractivity contribution in [3.8, 4) is 0 Å². The van der Waals surface area contributed by atoms with Crippen LogP contribution in [-0.2, 0) is 19.0 Å². The quantitative estimate of drug-likeness (QED) is 0.475. The molecule has 0 N–H and O–H groups in total. The highest BCUT2D eigenvalue weighted by Gasteiger charge is 2.22. The van der Waals surface area contributed by atoms with E-state index < -0.39 is 12.3 Å². The van der Waals surface area contributed by atoms with Crippen molar-refractivity contribution in [3.63, 3.8) is 0 Å². The van der Waals surface area contributed by atoms with Crippen molar-refractivity contribution in [1.82, 2.24) is 0 Å². The van der Waals surface area contributed by atoms with Crippen LogP contribution in [0.5, 0.6) is 0 Å². The van der Waals surface area contributed by atoms with Gasteiger partial charge in [-0.05, 0) is 6.92 Å². The molecule has 0 aromatic heterocycles. The molecular weight excluding hydrogens is 184 g/mol. The van der Waals surface area contributed by atoms with E-state index in [4.69, 9.17) is 25.8 Å². The zero-order valence-electron chi connectivity index (χ0n) is 6.79. The molecule has 0 aromatic rings. The lowest BCUT2D eigenvalue weighted by atomic mass is 10.4. The summed E-state index contributed by atoms with van der Waals surface area (Å²) < 4.78 is 15.1. The number of ether oxygens (including phenoxy) is 3. The van der Waals surface area contributed by atoms with Gasteiger partial charge in [0.1, 0.15) is 12.5 Å². The summed E-state index contributed by atoms with van der Waals surface area (Å²) in [6.07, 6.45) is -0.633. The first-order chi connectivity index (χ1) is 5.72.